The molecule has 2 fully saturated rings. The number of rotatable bonds is 5. The molecule has 130 valence electrons. The molecule has 4 heteroatoms. The first-order chi connectivity index (χ1) is 11.9. The van der Waals surface area contributed by atoms with Crippen LogP contribution in [0.15, 0.2) is 29.6 Å². The summed E-state index contributed by atoms with van der Waals surface area (Å²) < 4.78 is 13.3. The molecular formula is C20H27NO2S. The van der Waals surface area contributed by atoms with Gasteiger partial charge in [0, 0.05) is 23.8 Å². The van der Waals surface area contributed by atoms with E-state index in [0.717, 1.165) is 39.3 Å². The van der Waals surface area contributed by atoms with Crippen molar-refractivity contribution in [3.05, 3.63) is 35.2 Å². The zero-order valence-electron chi connectivity index (χ0n) is 14.3. The molecule has 1 aromatic heterocycles. The second-order valence-corrected chi connectivity index (χ2v) is 7.86. The lowest BCUT2D eigenvalue weighted by atomic mass is 9.91. The van der Waals surface area contributed by atoms with E-state index in [1.165, 1.54) is 41.3 Å². The Kier molecular flexibility index (Phi) is 5.48. The van der Waals surface area contributed by atoms with E-state index in [4.69, 9.17) is 9.47 Å². The summed E-state index contributed by atoms with van der Waals surface area (Å²) >= 11 is 1.82. The highest BCUT2D eigenvalue weighted by Crippen LogP contribution is 2.28. The van der Waals surface area contributed by atoms with Crippen molar-refractivity contribution in [2.45, 2.75) is 44.2 Å². The minimum Gasteiger partial charge on any atom is -0.379 e. The maximum absolute atomic E-state index is 6.40. The van der Waals surface area contributed by atoms with Crippen LogP contribution in [0.3, 0.4) is 0 Å². The Hall–Kier alpha value is -0.940. The standard InChI is InChI=1S/C20H27NO2S/c1-2-6-19(18(5-1)21-10-13-22-14-11-21)23-12-8-16-4-3-7-20-17(16)9-15-24-20/h3-4,7,9,15,18-19H,1-2,5-6,8,10-14H2/t18-,19-/m1/s1. The molecule has 2 atom stereocenters. The lowest BCUT2D eigenvalue weighted by Gasteiger charge is -2.41. The molecule has 24 heavy (non-hydrogen) atoms. The average Bonchev–Trinajstić information content (AvgIpc) is 3.12. The topological polar surface area (TPSA) is 21.7 Å². The number of nitrogens with zero attached hydrogens (tertiary/aromatic N) is 1. The van der Waals surface area contributed by atoms with Crippen molar-refractivity contribution in [2.24, 2.45) is 0 Å². The van der Waals surface area contributed by atoms with Crippen LogP contribution in [-0.2, 0) is 15.9 Å². The molecule has 1 saturated heterocycles. The van der Waals surface area contributed by atoms with Gasteiger partial charge < -0.3 is 9.47 Å². The van der Waals surface area contributed by atoms with Crippen molar-refractivity contribution in [1.82, 2.24) is 4.90 Å². The number of morpholine rings is 1. The summed E-state index contributed by atoms with van der Waals surface area (Å²) in [5.74, 6) is 0. The minimum atomic E-state index is 0.401. The van der Waals surface area contributed by atoms with Crippen LogP contribution in [0.25, 0.3) is 10.1 Å². The molecule has 0 unspecified atom stereocenters. The Bertz CT molecular complexity index is 650. The van der Waals surface area contributed by atoms with Gasteiger partial charge in [-0.3, -0.25) is 4.90 Å². The van der Waals surface area contributed by atoms with Crippen molar-refractivity contribution in [3.8, 4) is 0 Å². The summed E-state index contributed by atoms with van der Waals surface area (Å²) in [7, 11) is 0. The first kappa shape index (κ1) is 16.5. The van der Waals surface area contributed by atoms with Crippen LogP contribution in [0.4, 0.5) is 0 Å². The predicted molar refractivity (Wildman–Crippen MR) is 99.9 cm³/mol. The maximum atomic E-state index is 6.40. The summed E-state index contributed by atoms with van der Waals surface area (Å²) in [6.45, 7) is 4.73. The highest BCUT2D eigenvalue weighted by Gasteiger charge is 2.31. The van der Waals surface area contributed by atoms with Gasteiger partial charge in [-0.05, 0) is 47.7 Å². The quantitative estimate of drug-likeness (QED) is 0.814. The Morgan fingerprint density at radius 2 is 2.00 bits per heavy atom. The van der Waals surface area contributed by atoms with Gasteiger partial charge in [-0.1, -0.05) is 25.0 Å². The second kappa shape index (κ2) is 7.96. The third kappa shape index (κ3) is 3.67. The normalized spacial score (nSPS) is 26.0. The van der Waals surface area contributed by atoms with Gasteiger partial charge in [0.25, 0.3) is 0 Å². The lowest BCUT2D eigenvalue weighted by molar-refractivity contribution is -0.0647. The Balaban J connectivity index is 1.36. The first-order valence-corrected chi connectivity index (χ1v) is 10.2. The Morgan fingerprint density at radius 3 is 2.92 bits per heavy atom. The van der Waals surface area contributed by atoms with Gasteiger partial charge in [0.05, 0.1) is 25.9 Å². The molecule has 0 N–H and O–H groups in total. The number of fused-ring (bicyclic) bond motifs is 1. The van der Waals surface area contributed by atoms with Gasteiger partial charge >= 0.3 is 0 Å². The number of hydrogen-bond acceptors (Lipinski definition) is 4. The summed E-state index contributed by atoms with van der Waals surface area (Å²) in [5, 5.41) is 3.59. The van der Waals surface area contributed by atoms with Gasteiger partial charge in [0.2, 0.25) is 0 Å². The molecule has 1 aromatic carbocycles. The SMILES string of the molecule is c1cc(CCO[C@@H]2CCCC[C@H]2N2CCOCC2)c2ccsc2c1. The summed E-state index contributed by atoms with van der Waals surface area (Å²) in [6.07, 6.45) is 6.57. The highest BCUT2D eigenvalue weighted by molar-refractivity contribution is 7.17. The molecule has 0 radical (unpaired) electrons. The van der Waals surface area contributed by atoms with E-state index in [1.54, 1.807) is 0 Å². The minimum absolute atomic E-state index is 0.401. The van der Waals surface area contributed by atoms with E-state index < -0.39 is 0 Å². The van der Waals surface area contributed by atoms with Gasteiger partial charge in [-0.2, -0.15) is 0 Å². The molecule has 2 aromatic rings. The van der Waals surface area contributed by atoms with Crippen LogP contribution in [0.5, 0.6) is 0 Å². The Morgan fingerprint density at radius 1 is 1.12 bits per heavy atom. The summed E-state index contributed by atoms with van der Waals surface area (Å²) in [4.78, 5) is 2.60. The van der Waals surface area contributed by atoms with Gasteiger partial charge in [0.1, 0.15) is 0 Å². The summed E-state index contributed by atoms with van der Waals surface area (Å²) in [5.41, 5.74) is 1.42. The highest BCUT2D eigenvalue weighted by atomic mass is 32.1. The van der Waals surface area contributed by atoms with Gasteiger partial charge in [0.15, 0.2) is 0 Å². The molecule has 4 rings (SSSR count). The van der Waals surface area contributed by atoms with Crippen LogP contribution in [0.2, 0.25) is 0 Å². The fourth-order valence-electron chi connectivity index (χ4n) is 4.19. The molecular weight excluding hydrogens is 318 g/mol. The Labute approximate surface area is 148 Å². The number of ether oxygens (including phenoxy) is 2. The van der Waals surface area contributed by atoms with E-state index in [9.17, 15) is 0 Å². The predicted octanol–water partition coefficient (Wildman–Crippen LogP) is 4.10. The lowest BCUT2D eigenvalue weighted by Crippen LogP contribution is -2.51. The third-order valence-corrected chi connectivity index (χ3v) is 6.35. The molecule has 2 aliphatic rings. The maximum Gasteiger partial charge on any atom is 0.0730 e. The van der Waals surface area contributed by atoms with E-state index in [0.29, 0.717) is 12.1 Å². The van der Waals surface area contributed by atoms with E-state index in [2.05, 4.69) is 34.5 Å². The second-order valence-electron chi connectivity index (χ2n) is 6.91. The van der Waals surface area contributed by atoms with E-state index in [-0.39, 0.29) is 0 Å². The van der Waals surface area contributed by atoms with Crippen LogP contribution >= 0.6 is 11.3 Å². The molecule has 2 heterocycles. The van der Waals surface area contributed by atoms with Crippen molar-refractivity contribution in [3.63, 3.8) is 0 Å². The van der Waals surface area contributed by atoms with Crippen LogP contribution in [0, 0.1) is 0 Å². The first-order valence-electron chi connectivity index (χ1n) is 9.30. The fourth-order valence-corrected chi connectivity index (χ4v) is 5.03. The van der Waals surface area contributed by atoms with Gasteiger partial charge in [-0.25, -0.2) is 0 Å². The zero-order chi connectivity index (χ0) is 16.2. The van der Waals surface area contributed by atoms with Crippen LogP contribution in [-0.4, -0.2) is 50.0 Å². The molecule has 0 spiro atoms. The van der Waals surface area contributed by atoms with Crippen molar-refractivity contribution < 1.29 is 9.47 Å². The van der Waals surface area contributed by atoms with Crippen molar-refractivity contribution in [2.75, 3.05) is 32.9 Å². The van der Waals surface area contributed by atoms with Crippen LogP contribution < -0.4 is 0 Å². The van der Waals surface area contributed by atoms with Gasteiger partial charge in [-0.15, -0.1) is 11.3 Å². The molecule has 0 amide bonds. The van der Waals surface area contributed by atoms with Crippen molar-refractivity contribution >= 4 is 21.4 Å². The number of thiophene rings is 1. The molecule has 1 saturated carbocycles. The number of hydrogen-bond donors (Lipinski definition) is 0. The molecule has 3 nitrogen and oxygen atoms in total. The number of benzene rings is 1. The van der Waals surface area contributed by atoms with Crippen LogP contribution in [0.1, 0.15) is 31.2 Å². The smallest absolute Gasteiger partial charge is 0.0730 e. The molecule has 1 aliphatic heterocycles. The van der Waals surface area contributed by atoms with Crippen molar-refractivity contribution in [1.29, 1.82) is 0 Å². The third-order valence-electron chi connectivity index (χ3n) is 5.47. The molecule has 1 aliphatic carbocycles. The summed E-state index contributed by atoms with van der Waals surface area (Å²) in [6, 6.07) is 9.47. The zero-order valence-corrected chi connectivity index (χ0v) is 15.1. The largest absolute Gasteiger partial charge is 0.379 e. The average molecular weight is 346 g/mol. The monoisotopic (exact) mass is 345 g/mol. The molecule has 0 bridgehead atoms. The van der Waals surface area contributed by atoms with E-state index >= 15 is 0 Å². The fraction of sp³-hybridized carbons (Fsp3) is 0.600. The van der Waals surface area contributed by atoms with E-state index in [1.807, 2.05) is 11.3 Å².